The summed E-state index contributed by atoms with van der Waals surface area (Å²) >= 11 is 0. The summed E-state index contributed by atoms with van der Waals surface area (Å²) in [5.74, 6) is 1.66. The van der Waals surface area contributed by atoms with Crippen LogP contribution in [0.3, 0.4) is 0 Å². The van der Waals surface area contributed by atoms with E-state index in [0.29, 0.717) is 5.56 Å². The van der Waals surface area contributed by atoms with Crippen molar-refractivity contribution in [1.82, 2.24) is 0 Å². The fraction of sp³-hybridized carbons (Fsp3) is 0.688. The van der Waals surface area contributed by atoms with Gasteiger partial charge in [-0.05, 0) is 83.6 Å². The molecule has 0 spiro atoms. The summed E-state index contributed by atoms with van der Waals surface area (Å²) in [5.41, 5.74) is 1.91. The number of allylic oxidation sites excluding steroid dienone is 2. The van der Waals surface area contributed by atoms with Gasteiger partial charge < -0.3 is 28.4 Å². The van der Waals surface area contributed by atoms with Crippen molar-refractivity contribution in [3.8, 4) is 0 Å². The van der Waals surface area contributed by atoms with E-state index in [1.807, 2.05) is 24.3 Å². The summed E-state index contributed by atoms with van der Waals surface area (Å²) in [4.78, 5) is 24.1. The lowest BCUT2D eigenvalue weighted by Gasteiger charge is -2.26. The first-order valence-corrected chi connectivity index (χ1v) is 15.0. The van der Waals surface area contributed by atoms with Gasteiger partial charge in [-0.25, -0.2) is 9.59 Å². The zero-order valence-electron chi connectivity index (χ0n) is 24.8. The fourth-order valence-electron chi connectivity index (χ4n) is 5.09. The van der Waals surface area contributed by atoms with Gasteiger partial charge in [0.05, 0.1) is 12.2 Å². The molecule has 8 heteroatoms. The summed E-state index contributed by atoms with van der Waals surface area (Å²) in [6.45, 7) is 9.06. The van der Waals surface area contributed by atoms with Crippen LogP contribution >= 0.6 is 0 Å². The van der Waals surface area contributed by atoms with Crippen LogP contribution in [0.2, 0.25) is 0 Å². The number of aryl methyl sites for hydroxylation is 1. The second kappa shape index (κ2) is 16.6. The fourth-order valence-corrected chi connectivity index (χ4v) is 5.09. The molecule has 1 saturated heterocycles. The Bertz CT molecular complexity index is 885. The third-order valence-electron chi connectivity index (χ3n) is 7.19. The standard InChI is InChI=1S/C32H48O8/c1-6-7-8-11-24-14-16-25(17-15-24)12-9-10-13-26-18-20-27(21-19-26)28-37-29(39-31(33)35-22(2)3)30(38-28)40-32(34)36-23(4)5/h9,12,18-25,28-30H,6-8,10-11,13-17H2,1-5H3/b12-9+/t24-,25-,29-,30-/m1/s1. The first-order chi connectivity index (χ1) is 19.2. The largest absolute Gasteiger partial charge is 0.511 e. The van der Waals surface area contributed by atoms with Crippen LogP contribution in [0.15, 0.2) is 36.4 Å². The predicted molar refractivity (Wildman–Crippen MR) is 151 cm³/mol. The maximum atomic E-state index is 12.0. The Morgan fingerprint density at radius 2 is 1.45 bits per heavy atom. The van der Waals surface area contributed by atoms with Gasteiger partial charge >= 0.3 is 12.3 Å². The highest BCUT2D eigenvalue weighted by atomic mass is 16.9. The molecule has 2 aliphatic rings. The molecule has 0 radical (unpaired) electrons. The van der Waals surface area contributed by atoms with Crippen LogP contribution in [-0.2, 0) is 34.8 Å². The van der Waals surface area contributed by atoms with Gasteiger partial charge in [0.2, 0.25) is 0 Å². The van der Waals surface area contributed by atoms with Crippen molar-refractivity contribution in [2.24, 2.45) is 11.8 Å². The Morgan fingerprint density at radius 1 is 0.875 bits per heavy atom. The highest BCUT2D eigenvalue weighted by Crippen LogP contribution is 2.34. The Hall–Kier alpha value is -2.58. The van der Waals surface area contributed by atoms with Crippen LogP contribution in [0.4, 0.5) is 9.59 Å². The highest BCUT2D eigenvalue weighted by Gasteiger charge is 2.43. The van der Waals surface area contributed by atoms with E-state index in [1.54, 1.807) is 27.7 Å². The van der Waals surface area contributed by atoms with Crippen molar-refractivity contribution < 1.29 is 38.0 Å². The average Bonchev–Trinajstić information content (AvgIpc) is 3.28. The summed E-state index contributed by atoms with van der Waals surface area (Å²) in [6, 6.07) is 7.87. The van der Waals surface area contributed by atoms with Crippen molar-refractivity contribution in [2.45, 2.75) is 130 Å². The molecule has 1 heterocycles. The Morgan fingerprint density at radius 3 is 1.98 bits per heavy atom. The first-order valence-electron chi connectivity index (χ1n) is 15.0. The number of unbranched alkanes of at least 4 members (excludes halogenated alkanes) is 2. The van der Waals surface area contributed by atoms with E-state index in [1.165, 1.54) is 56.9 Å². The van der Waals surface area contributed by atoms with Crippen molar-refractivity contribution >= 4 is 12.3 Å². The van der Waals surface area contributed by atoms with Crippen LogP contribution < -0.4 is 0 Å². The molecule has 2 atom stereocenters. The van der Waals surface area contributed by atoms with Gasteiger partial charge in [-0.1, -0.05) is 69.0 Å². The summed E-state index contributed by atoms with van der Waals surface area (Å²) in [5, 5.41) is 0. The molecule has 0 amide bonds. The number of carbonyl (C=O) groups is 2. The predicted octanol–water partition coefficient (Wildman–Crippen LogP) is 8.38. The summed E-state index contributed by atoms with van der Waals surface area (Å²) in [6.07, 6.45) is 11.4. The number of ether oxygens (including phenoxy) is 6. The van der Waals surface area contributed by atoms with E-state index in [-0.39, 0.29) is 12.2 Å². The van der Waals surface area contributed by atoms with Crippen molar-refractivity contribution in [3.05, 3.63) is 47.5 Å². The summed E-state index contributed by atoms with van der Waals surface area (Å²) in [7, 11) is 0. The number of carbonyl (C=O) groups excluding carboxylic acids is 2. The third-order valence-corrected chi connectivity index (χ3v) is 7.19. The topological polar surface area (TPSA) is 89.5 Å². The lowest BCUT2D eigenvalue weighted by atomic mass is 9.79. The highest BCUT2D eigenvalue weighted by molar-refractivity contribution is 5.61. The molecule has 0 bridgehead atoms. The molecule has 1 saturated carbocycles. The van der Waals surface area contributed by atoms with Crippen LogP contribution in [0.5, 0.6) is 0 Å². The molecular formula is C32H48O8. The molecule has 2 fully saturated rings. The molecule has 1 aliphatic heterocycles. The molecule has 8 nitrogen and oxygen atoms in total. The zero-order valence-corrected chi connectivity index (χ0v) is 24.8. The van der Waals surface area contributed by atoms with Gasteiger partial charge in [0, 0.05) is 5.56 Å². The third kappa shape index (κ3) is 11.1. The molecule has 0 unspecified atom stereocenters. The smallest absolute Gasteiger partial charge is 0.432 e. The molecule has 224 valence electrons. The van der Waals surface area contributed by atoms with Crippen molar-refractivity contribution in [1.29, 1.82) is 0 Å². The van der Waals surface area contributed by atoms with E-state index in [2.05, 4.69) is 19.1 Å². The van der Waals surface area contributed by atoms with Crippen LogP contribution in [0, 0.1) is 11.8 Å². The monoisotopic (exact) mass is 560 g/mol. The number of benzene rings is 1. The van der Waals surface area contributed by atoms with Gasteiger partial charge in [0.15, 0.2) is 6.29 Å². The Balaban J connectivity index is 1.47. The van der Waals surface area contributed by atoms with Gasteiger partial charge in [0.25, 0.3) is 12.6 Å². The van der Waals surface area contributed by atoms with E-state index < -0.39 is 31.2 Å². The van der Waals surface area contributed by atoms with E-state index in [0.717, 1.165) is 24.7 Å². The average molecular weight is 561 g/mol. The SMILES string of the molecule is CCCCC[C@H]1CC[C@H](/C=C/CCc2ccc(C3O[C@H](OC(=O)OC(C)C)[C@@H](OC(=O)OC(C)C)O3)cc2)CC1. The lowest BCUT2D eigenvalue weighted by Crippen LogP contribution is -2.34. The van der Waals surface area contributed by atoms with E-state index in [9.17, 15) is 9.59 Å². The number of hydrogen-bond donors (Lipinski definition) is 0. The maximum Gasteiger partial charge on any atom is 0.511 e. The minimum atomic E-state index is -1.30. The number of rotatable bonds is 13. The normalized spacial score (nSPS) is 23.6. The maximum absolute atomic E-state index is 12.0. The van der Waals surface area contributed by atoms with Crippen LogP contribution in [0.1, 0.15) is 110 Å². The Kier molecular flexibility index (Phi) is 13.3. The van der Waals surface area contributed by atoms with Gasteiger partial charge in [-0.3, -0.25) is 0 Å². The quantitative estimate of drug-likeness (QED) is 0.135. The molecule has 3 rings (SSSR count). The van der Waals surface area contributed by atoms with E-state index in [4.69, 9.17) is 28.4 Å². The van der Waals surface area contributed by atoms with Crippen LogP contribution in [0.25, 0.3) is 0 Å². The minimum Gasteiger partial charge on any atom is -0.432 e. The second-order valence-electron chi connectivity index (χ2n) is 11.4. The van der Waals surface area contributed by atoms with Gasteiger partial charge in [-0.2, -0.15) is 0 Å². The van der Waals surface area contributed by atoms with E-state index >= 15 is 0 Å². The molecular weight excluding hydrogens is 512 g/mol. The van der Waals surface area contributed by atoms with Crippen LogP contribution in [-0.4, -0.2) is 37.1 Å². The van der Waals surface area contributed by atoms with Gasteiger partial charge in [0.1, 0.15) is 0 Å². The zero-order chi connectivity index (χ0) is 28.9. The van der Waals surface area contributed by atoms with Gasteiger partial charge in [-0.15, -0.1) is 0 Å². The minimum absolute atomic E-state index is 0.381. The molecule has 0 N–H and O–H groups in total. The Labute approximate surface area is 239 Å². The first kappa shape index (κ1) is 31.9. The second-order valence-corrected chi connectivity index (χ2v) is 11.4. The van der Waals surface area contributed by atoms with Crippen molar-refractivity contribution in [2.75, 3.05) is 0 Å². The molecule has 1 aromatic rings. The molecule has 0 aromatic heterocycles. The van der Waals surface area contributed by atoms with Crippen molar-refractivity contribution in [3.63, 3.8) is 0 Å². The molecule has 1 aromatic carbocycles. The molecule has 1 aliphatic carbocycles. The summed E-state index contributed by atoms with van der Waals surface area (Å²) < 4.78 is 32.0. The number of hydrogen-bond acceptors (Lipinski definition) is 8. The lowest BCUT2D eigenvalue weighted by molar-refractivity contribution is -0.163. The molecule has 40 heavy (non-hydrogen) atoms.